The maximum Gasteiger partial charge on any atom is 0.0690 e. The highest BCUT2D eigenvalue weighted by molar-refractivity contribution is 6.08. The van der Waals surface area contributed by atoms with Crippen LogP contribution in [-0.4, -0.2) is 15.4 Å². The highest BCUT2D eigenvalue weighted by atomic mass is 15.3. The molecule has 0 saturated heterocycles. The number of aromatic amines is 1. The molecule has 0 saturated carbocycles. The highest BCUT2D eigenvalue weighted by Crippen LogP contribution is 2.33. The second-order valence-electron chi connectivity index (χ2n) is 5.95. The molecule has 3 aromatic carbocycles. The number of nitrogens with one attached hydrogen (secondary N) is 1. The van der Waals surface area contributed by atoms with Crippen LogP contribution in [0.2, 0.25) is 0 Å². The summed E-state index contributed by atoms with van der Waals surface area (Å²) in [5, 5.41) is 15.0. The molecule has 0 bridgehead atoms. The first-order valence-corrected chi connectivity index (χ1v) is 8.15. The van der Waals surface area contributed by atoms with E-state index in [2.05, 4.69) is 63.9 Å². The zero-order chi connectivity index (χ0) is 15.5. The van der Waals surface area contributed by atoms with Crippen LogP contribution in [0.4, 0.5) is 0 Å². The standard InChI is InChI=1S/C18H16.C2H3N3/c1-3-7-15-13(5-1)9-11-18-16-8-4-2-6-14(16)10-12-17(15)18;1-2-4-5-3-1/h1,3,5,7,9-12H,2,4,6,8H2;1-2H,(H,3,4,5). The lowest BCUT2D eigenvalue weighted by molar-refractivity contribution is 0.690. The molecule has 1 aromatic heterocycles. The number of hydrogen-bond acceptors (Lipinski definition) is 2. The van der Waals surface area contributed by atoms with Crippen LogP contribution >= 0.6 is 0 Å². The quantitative estimate of drug-likeness (QED) is 0.479. The Balaban J connectivity index is 0.000000233. The van der Waals surface area contributed by atoms with E-state index in [1.807, 2.05) is 0 Å². The third kappa shape index (κ3) is 2.70. The summed E-state index contributed by atoms with van der Waals surface area (Å²) in [6, 6.07) is 18.0. The van der Waals surface area contributed by atoms with E-state index in [0.717, 1.165) is 0 Å². The van der Waals surface area contributed by atoms with Gasteiger partial charge in [-0.15, -0.1) is 0 Å². The number of aryl methyl sites for hydroxylation is 2. The number of rotatable bonds is 0. The van der Waals surface area contributed by atoms with Gasteiger partial charge in [-0.2, -0.15) is 15.4 Å². The Morgan fingerprint density at radius 3 is 2.30 bits per heavy atom. The Bertz CT molecular complexity index is 909. The SMILES string of the molecule is c1ccc2c(c1)ccc1c3c(ccc12)CCCC3.c1cn[nH]n1. The van der Waals surface area contributed by atoms with Crippen molar-refractivity contribution in [2.45, 2.75) is 25.7 Å². The molecule has 0 fully saturated rings. The Morgan fingerprint density at radius 1 is 0.696 bits per heavy atom. The molecule has 1 N–H and O–H groups in total. The van der Waals surface area contributed by atoms with Crippen molar-refractivity contribution in [2.75, 3.05) is 0 Å². The smallest absolute Gasteiger partial charge is 0.0690 e. The lowest BCUT2D eigenvalue weighted by Gasteiger charge is -2.18. The van der Waals surface area contributed by atoms with Crippen molar-refractivity contribution < 1.29 is 0 Å². The summed E-state index contributed by atoms with van der Waals surface area (Å²) in [7, 11) is 0. The lowest BCUT2D eigenvalue weighted by atomic mass is 9.86. The molecule has 0 spiro atoms. The molecular formula is C20H19N3. The van der Waals surface area contributed by atoms with E-state index >= 15 is 0 Å². The van der Waals surface area contributed by atoms with Gasteiger partial charge in [0.15, 0.2) is 0 Å². The molecule has 1 aliphatic rings. The largest absolute Gasteiger partial charge is 0.198 e. The molecule has 114 valence electrons. The molecule has 0 aliphatic heterocycles. The molecule has 0 radical (unpaired) electrons. The van der Waals surface area contributed by atoms with Crippen LogP contribution in [0.5, 0.6) is 0 Å². The maximum absolute atomic E-state index is 3.49. The average molecular weight is 301 g/mol. The van der Waals surface area contributed by atoms with Crippen LogP contribution in [-0.2, 0) is 12.8 Å². The van der Waals surface area contributed by atoms with Crippen molar-refractivity contribution in [1.82, 2.24) is 15.4 Å². The summed E-state index contributed by atoms with van der Waals surface area (Å²) < 4.78 is 0. The molecule has 1 heterocycles. The van der Waals surface area contributed by atoms with E-state index in [1.165, 1.54) is 47.2 Å². The van der Waals surface area contributed by atoms with Crippen molar-refractivity contribution >= 4 is 21.5 Å². The van der Waals surface area contributed by atoms with Gasteiger partial charge >= 0.3 is 0 Å². The summed E-state index contributed by atoms with van der Waals surface area (Å²) in [6.45, 7) is 0. The summed E-state index contributed by atoms with van der Waals surface area (Å²) in [5.74, 6) is 0. The fraction of sp³-hybridized carbons (Fsp3) is 0.200. The third-order valence-electron chi connectivity index (χ3n) is 4.59. The molecule has 5 rings (SSSR count). The predicted octanol–water partition coefficient (Wildman–Crippen LogP) is 4.68. The van der Waals surface area contributed by atoms with Crippen molar-refractivity contribution in [1.29, 1.82) is 0 Å². The first-order valence-electron chi connectivity index (χ1n) is 8.15. The molecule has 23 heavy (non-hydrogen) atoms. The summed E-state index contributed by atoms with van der Waals surface area (Å²) in [4.78, 5) is 0. The third-order valence-corrected chi connectivity index (χ3v) is 4.59. The van der Waals surface area contributed by atoms with Gasteiger partial charge in [-0.25, -0.2) is 0 Å². The first-order chi connectivity index (χ1) is 11.4. The Labute approximate surface area is 135 Å². The Hall–Kier alpha value is -2.68. The van der Waals surface area contributed by atoms with E-state index in [4.69, 9.17) is 0 Å². The van der Waals surface area contributed by atoms with Crippen LogP contribution in [0, 0.1) is 0 Å². The minimum atomic E-state index is 1.25. The second kappa shape index (κ2) is 6.21. The predicted molar refractivity (Wildman–Crippen MR) is 94.5 cm³/mol. The van der Waals surface area contributed by atoms with E-state index in [-0.39, 0.29) is 0 Å². The minimum Gasteiger partial charge on any atom is -0.198 e. The Kier molecular flexibility index (Phi) is 3.76. The molecule has 0 atom stereocenters. The topological polar surface area (TPSA) is 41.6 Å². The molecule has 3 nitrogen and oxygen atoms in total. The zero-order valence-corrected chi connectivity index (χ0v) is 13.0. The van der Waals surface area contributed by atoms with Gasteiger partial charge in [0.2, 0.25) is 0 Å². The maximum atomic E-state index is 3.49. The van der Waals surface area contributed by atoms with E-state index in [9.17, 15) is 0 Å². The number of aromatic nitrogens is 3. The molecule has 3 heteroatoms. The molecule has 0 unspecified atom stereocenters. The van der Waals surface area contributed by atoms with Gasteiger partial charge in [0.05, 0.1) is 12.4 Å². The van der Waals surface area contributed by atoms with Gasteiger partial charge in [-0.1, -0.05) is 48.5 Å². The van der Waals surface area contributed by atoms with Crippen LogP contribution in [0.25, 0.3) is 21.5 Å². The van der Waals surface area contributed by atoms with Crippen molar-refractivity contribution in [3.05, 3.63) is 72.1 Å². The number of hydrogen-bond donors (Lipinski definition) is 1. The fourth-order valence-corrected chi connectivity index (χ4v) is 3.51. The molecule has 4 aromatic rings. The number of nitrogens with zero attached hydrogens (tertiary/aromatic N) is 2. The lowest BCUT2D eigenvalue weighted by Crippen LogP contribution is -2.02. The van der Waals surface area contributed by atoms with Gasteiger partial charge in [0, 0.05) is 0 Å². The first kappa shape index (κ1) is 13.9. The average Bonchev–Trinajstić information content (AvgIpc) is 3.21. The fourth-order valence-electron chi connectivity index (χ4n) is 3.51. The van der Waals surface area contributed by atoms with Gasteiger partial charge in [0.25, 0.3) is 0 Å². The normalized spacial score (nSPS) is 13.4. The highest BCUT2D eigenvalue weighted by Gasteiger charge is 2.13. The van der Waals surface area contributed by atoms with Gasteiger partial charge < -0.3 is 0 Å². The second-order valence-corrected chi connectivity index (χ2v) is 5.95. The monoisotopic (exact) mass is 301 g/mol. The number of benzene rings is 3. The van der Waals surface area contributed by atoms with Gasteiger partial charge in [-0.05, 0) is 58.4 Å². The number of H-pyrrole nitrogens is 1. The van der Waals surface area contributed by atoms with E-state index < -0.39 is 0 Å². The van der Waals surface area contributed by atoms with Crippen LogP contribution < -0.4 is 0 Å². The summed E-state index contributed by atoms with van der Waals surface area (Å²) in [6.07, 6.45) is 8.38. The minimum absolute atomic E-state index is 1.25. The summed E-state index contributed by atoms with van der Waals surface area (Å²) >= 11 is 0. The van der Waals surface area contributed by atoms with Crippen LogP contribution in [0.1, 0.15) is 24.0 Å². The molecule has 1 aliphatic carbocycles. The summed E-state index contributed by atoms with van der Waals surface area (Å²) in [5.41, 5.74) is 3.17. The zero-order valence-electron chi connectivity index (χ0n) is 13.0. The van der Waals surface area contributed by atoms with Gasteiger partial charge in [0.1, 0.15) is 0 Å². The van der Waals surface area contributed by atoms with Gasteiger partial charge in [-0.3, -0.25) is 0 Å². The van der Waals surface area contributed by atoms with E-state index in [0.29, 0.717) is 0 Å². The van der Waals surface area contributed by atoms with Crippen LogP contribution in [0.15, 0.2) is 60.9 Å². The van der Waals surface area contributed by atoms with Crippen molar-refractivity contribution in [2.24, 2.45) is 0 Å². The molecular weight excluding hydrogens is 282 g/mol. The Morgan fingerprint density at radius 2 is 1.48 bits per heavy atom. The van der Waals surface area contributed by atoms with Crippen molar-refractivity contribution in [3.8, 4) is 0 Å². The molecule has 0 amide bonds. The van der Waals surface area contributed by atoms with E-state index in [1.54, 1.807) is 23.5 Å². The number of fused-ring (bicyclic) bond motifs is 5. The van der Waals surface area contributed by atoms with Crippen LogP contribution in [0.3, 0.4) is 0 Å². The van der Waals surface area contributed by atoms with Crippen molar-refractivity contribution in [3.63, 3.8) is 0 Å².